The first-order chi connectivity index (χ1) is 6.98. The number of hydrogen-bond donors (Lipinski definition) is 1. The van der Waals surface area contributed by atoms with Gasteiger partial charge in [0.1, 0.15) is 0 Å². The molecule has 1 aliphatic heterocycles. The van der Waals surface area contributed by atoms with Crippen molar-refractivity contribution in [1.29, 1.82) is 0 Å². The highest BCUT2D eigenvalue weighted by atomic mass is 15.2. The number of likely N-dealkylation sites (N-methyl/N-ethyl adjacent to an activating group) is 3. The van der Waals surface area contributed by atoms with Crippen molar-refractivity contribution in [2.45, 2.75) is 26.8 Å². The molecule has 3 heteroatoms. The molecule has 0 aromatic rings. The SMILES string of the molecule is CCN1CC(CNC)N(C)CC(C)(C)C1. The van der Waals surface area contributed by atoms with E-state index < -0.39 is 0 Å². The van der Waals surface area contributed by atoms with E-state index in [0.717, 1.165) is 13.1 Å². The van der Waals surface area contributed by atoms with E-state index >= 15 is 0 Å². The standard InChI is InChI=1S/C12H27N3/c1-6-15-8-11(7-13-4)14(5)9-12(2,3)10-15/h11,13H,6-10H2,1-5H3. The van der Waals surface area contributed by atoms with Crippen molar-refractivity contribution >= 4 is 0 Å². The molecule has 3 nitrogen and oxygen atoms in total. The Balaban J connectivity index is 2.68. The predicted octanol–water partition coefficient (Wildman–Crippen LogP) is 0.868. The van der Waals surface area contributed by atoms with Crippen LogP contribution in [0.4, 0.5) is 0 Å². The molecule has 0 radical (unpaired) electrons. The molecule has 0 aromatic heterocycles. The summed E-state index contributed by atoms with van der Waals surface area (Å²) in [5.74, 6) is 0. The van der Waals surface area contributed by atoms with Crippen LogP contribution in [0.2, 0.25) is 0 Å². The summed E-state index contributed by atoms with van der Waals surface area (Å²) >= 11 is 0. The van der Waals surface area contributed by atoms with Crippen LogP contribution in [0.1, 0.15) is 20.8 Å². The third-order valence-electron chi connectivity index (χ3n) is 3.31. The molecule has 15 heavy (non-hydrogen) atoms. The van der Waals surface area contributed by atoms with E-state index in [9.17, 15) is 0 Å². The van der Waals surface area contributed by atoms with E-state index in [1.54, 1.807) is 0 Å². The Hall–Kier alpha value is -0.120. The minimum absolute atomic E-state index is 0.410. The lowest BCUT2D eigenvalue weighted by molar-refractivity contribution is 0.190. The molecule has 1 N–H and O–H groups in total. The fourth-order valence-electron chi connectivity index (χ4n) is 2.66. The van der Waals surface area contributed by atoms with Crippen molar-refractivity contribution in [1.82, 2.24) is 15.1 Å². The van der Waals surface area contributed by atoms with Gasteiger partial charge in [0, 0.05) is 32.2 Å². The van der Waals surface area contributed by atoms with Gasteiger partial charge in [-0.3, -0.25) is 0 Å². The maximum Gasteiger partial charge on any atom is 0.0344 e. The van der Waals surface area contributed by atoms with Crippen LogP contribution in [0.3, 0.4) is 0 Å². The van der Waals surface area contributed by atoms with E-state index in [0.29, 0.717) is 11.5 Å². The first kappa shape index (κ1) is 12.9. The third-order valence-corrected chi connectivity index (χ3v) is 3.31. The fraction of sp³-hybridized carbons (Fsp3) is 1.00. The highest BCUT2D eigenvalue weighted by Crippen LogP contribution is 2.23. The molecule has 1 atom stereocenters. The van der Waals surface area contributed by atoms with Crippen molar-refractivity contribution in [3.8, 4) is 0 Å². The number of nitrogens with zero attached hydrogens (tertiary/aromatic N) is 2. The monoisotopic (exact) mass is 213 g/mol. The van der Waals surface area contributed by atoms with E-state index in [1.807, 2.05) is 7.05 Å². The molecule has 1 rings (SSSR count). The van der Waals surface area contributed by atoms with Crippen molar-refractivity contribution in [2.24, 2.45) is 5.41 Å². The second-order valence-corrected chi connectivity index (χ2v) is 5.62. The van der Waals surface area contributed by atoms with E-state index in [-0.39, 0.29) is 0 Å². The van der Waals surface area contributed by atoms with E-state index in [1.165, 1.54) is 19.6 Å². The predicted molar refractivity (Wildman–Crippen MR) is 66.2 cm³/mol. The summed E-state index contributed by atoms with van der Waals surface area (Å²) in [5.41, 5.74) is 0.410. The van der Waals surface area contributed by atoms with Gasteiger partial charge in [0.15, 0.2) is 0 Å². The second-order valence-electron chi connectivity index (χ2n) is 5.62. The molecule has 0 aliphatic carbocycles. The smallest absolute Gasteiger partial charge is 0.0344 e. The van der Waals surface area contributed by atoms with Crippen molar-refractivity contribution in [3.05, 3.63) is 0 Å². The van der Waals surface area contributed by atoms with Gasteiger partial charge in [-0.2, -0.15) is 0 Å². The minimum Gasteiger partial charge on any atom is -0.318 e. The lowest BCUT2D eigenvalue weighted by Gasteiger charge is -2.30. The Morgan fingerprint density at radius 1 is 1.33 bits per heavy atom. The van der Waals surface area contributed by atoms with Crippen molar-refractivity contribution < 1.29 is 0 Å². The molecule has 1 heterocycles. The summed E-state index contributed by atoms with van der Waals surface area (Å²) in [6.45, 7) is 12.8. The van der Waals surface area contributed by atoms with Gasteiger partial charge in [0.2, 0.25) is 0 Å². The Morgan fingerprint density at radius 2 is 2.00 bits per heavy atom. The van der Waals surface area contributed by atoms with Gasteiger partial charge < -0.3 is 15.1 Å². The van der Waals surface area contributed by atoms with E-state index in [2.05, 4.69) is 42.9 Å². The molecule has 0 saturated carbocycles. The molecule has 1 unspecified atom stereocenters. The van der Waals surface area contributed by atoms with Crippen LogP contribution in [0.25, 0.3) is 0 Å². The first-order valence-corrected chi connectivity index (χ1v) is 6.05. The molecule has 0 amide bonds. The van der Waals surface area contributed by atoms with Gasteiger partial charge in [-0.05, 0) is 26.1 Å². The van der Waals surface area contributed by atoms with Crippen LogP contribution in [-0.4, -0.2) is 62.7 Å². The third kappa shape index (κ3) is 3.74. The second kappa shape index (κ2) is 5.28. The van der Waals surface area contributed by atoms with Crippen molar-refractivity contribution in [3.63, 3.8) is 0 Å². The highest BCUT2D eigenvalue weighted by molar-refractivity contribution is 4.87. The molecule has 1 fully saturated rings. The fourth-order valence-corrected chi connectivity index (χ4v) is 2.66. The van der Waals surface area contributed by atoms with Gasteiger partial charge in [-0.25, -0.2) is 0 Å². The summed E-state index contributed by atoms with van der Waals surface area (Å²) in [4.78, 5) is 5.08. The van der Waals surface area contributed by atoms with Crippen molar-refractivity contribution in [2.75, 3.05) is 46.8 Å². The highest BCUT2D eigenvalue weighted by Gasteiger charge is 2.31. The zero-order valence-corrected chi connectivity index (χ0v) is 11.0. The Bertz CT molecular complexity index is 191. The lowest BCUT2D eigenvalue weighted by atomic mass is 9.93. The summed E-state index contributed by atoms with van der Waals surface area (Å²) in [6.07, 6.45) is 0. The normalized spacial score (nSPS) is 29.0. The van der Waals surface area contributed by atoms with Crippen LogP contribution in [0.15, 0.2) is 0 Å². The minimum atomic E-state index is 0.410. The quantitative estimate of drug-likeness (QED) is 0.750. The molecule has 90 valence electrons. The molecule has 0 spiro atoms. The van der Waals surface area contributed by atoms with Gasteiger partial charge in [0.25, 0.3) is 0 Å². The average molecular weight is 213 g/mol. The molecule has 1 aliphatic rings. The molecule has 0 aromatic carbocycles. The summed E-state index contributed by atoms with van der Waals surface area (Å²) in [5, 5.41) is 3.30. The molecular weight excluding hydrogens is 186 g/mol. The zero-order valence-electron chi connectivity index (χ0n) is 11.0. The van der Waals surface area contributed by atoms with Crippen LogP contribution >= 0.6 is 0 Å². The molecule has 0 bridgehead atoms. The first-order valence-electron chi connectivity index (χ1n) is 6.05. The summed E-state index contributed by atoms with van der Waals surface area (Å²) in [6, 6.07) is 0.650. The van der Waals surface area contributed by atoms with Gasteiger partial charge >= 0.3 is 0 Å². The van der Waals surface area contributed by atoms with E-state index in [4.69, 9.17) is 0 Å². The Kier molecular flexibility index (Phi) is 4.56. The summed E-state index contributed by atoms with van der Waals surface area (Å²) < 4.78 is 0. The van der Waals surface area contributed by atoms with Crippen LogP contribution in [0, 0.1) is 5.41 Å². The number of nitrogens with one attached hydrogen (secondary N) is 1. The maximum atomic E-state index is 3.30. The average Bonchev–Trinajstić information content (AvgIpc) is 2.24. The lowest BCUT2D eigenvalue weighted by Crippen LogP contribution is -2.44. The van der Waals surface area contributed by atoms with Crippen LogP contribution in [0.5, 0.6) is 0 Å². The van der Waals surface area contributed by atoms with Crippen LogP contribution in [-0.2, 0) is 0 Å². The molecular formula is C12H27N3. The summed E-state index contributed by atoms with van der Waals surface area (Å²) in [7, 11) is 4.29. The van der Waals surface area contributed by atoms with Gasteiger partial charge in [-0.15, -0.1) is 0 Å². The van der Waals surface area contributed by atoms with Gasteiger partial charge in [0.05, 0.1) is 0 Å². The number of hydrogen-bond acceptors (Lipinski definition) is 3. The molecule has 1 saturated heterocycles. The Morgan fingerprint density at radius 3 is 2.53 bits per heavy atom. The Labute approximate surface area is 94.8 Å². The number of rotatable bonds is 3. The topological polar surface area (TPSA) is 18.5 Å². The van der Waals surface area contributed by atoms with Gasteiger partial charge in [-0.1, -0.05) is 20.8 Å². The zero-order chi connectivity index (χ0) is 11.5. The van der Waals surface area contributed by atoms with Crippen LogP contribution < -0.4 is 5.32 Å². The largest absolute Gasteiger partial charge is 0.318 e. The maximum absolute atomic E-state index is 3.30.